The van der Waals surface area contributed by atoms with Crippen molar-refractivity contribution in [3.05, 3.63) is 42.1 Å². The summed E-state index contributed by atoms with van der Waals surface area (Å²) in [4.78, 5) is 15.8. The predicted octanol–water partition coefficient (Wildman–Crippen LogP) is 0.847. The molecular formula is C15H20N4O2. The Morgan fingerprint density at radius 2 is 2.33 bits per heavy atom. The van der Waals surface area contributed by atoms with E-state index in [9.17, 15) is 4.79 Å². The van der Waals surface area contributed by atoms with Gasteiger partial charge in [-0.05, 0) is 32.1 Å². The minimum Gasteiger partial charge on any atom is -0.484 e. The van der Waals surface area contributed by atoms with Crippen molar-refractivity contribution in [2.24, 2.45) is 10.7 Å². The van der Waals surface area contributed by atoms with E-state index in [1.807, 2.05) is 26.0 Å². The van der Waals surface area contributed by atoms with Gasteiger partial charge in [-0.15, -0.1) is 0 Å². The molecule has 1 heterocycles. The lowest BCUT2D eigenvalue weighted by atomic mass is 10.0. The van der Waals surface area contributed by atoms with Gasteiger partial charge in [0.15, 0.2) is 12.3 Å². The second kappa shape index (κ2) is 6.41. The molecule has 1 aliphatic heterocycles. The van der Waals surface area contributed by atoms with Gasteiger partial charge in [-0.3, -0.25) is 10.5 Å². The van der Waals surface area contributed by atoms with Crippen LogP contribution in [0.25, 0.3) is 0 Å². The monoisotopic (exact) mass is 288 g/mol. The average Bonchev–Trinajstić information content (AvgIpc) is 2.46. The third-order valence-electron chi connectivity index (χ3n) is 2.90. The van der Waals surface area contributed by atoms with Crippen LogP contribution in [0.5, 0.6) is 5.75 Å². The molecule has 21 heavy (non-hydrogen) atoms. The van der Waals surface area contributed by atoms with Gasteiger partial charge in [0, 0.05) is 17.8 Å². The van der Waals surface area contributed by atoms with E-state index in [1.165, 1.54) is 0 Å². The summed E-state index contributed by atoms with van der Waals surface area (Å²) in [7, 11) is 0. The van der Waals surface area contributed by atoms with E-state index >= 15 is 0 Å². The molecule has 0 radical (unpaired) electrons. The summed E-state index contributed by atoms with van der Waals surface area (Å²) in [6.07, 6.45) is 5.04. The number of rotatable bonds is 5. The molecule has 0 aliphatic carbocycles. The molecule has 1 aliphatic rings. The molecule has 6 nitrogen and oxygen atoms in total. The van der Waals surface area contributed by atoms with Crippen molar-refractivity contribution < 1.29 is 9.53 Å². The van der Waals surface area contributed by atoms with Gasteiger partial charge < -0.3 is 15.4 Å². The van der Waals surface area contributed by atoms with E-state index < -0.39 is 5.66 Å². The Morgan fingerprint density at radius 1 is 1.52 bits per heavy atom. The number of nitrogens with zero attached hydrogens (tertiary/aromatic N) is 1. The lowest BCUT2D eigenvalue weighted by Gasteiger charge is -2.24. The smallest absolute Gasteiger partial charge is 0.258 e. The van der Waals surface area contributed by atoms with E-state index in [-0.39, 0.29) is 18.6 Å². The molecule has 0 aromatic heterocycles. The van der Waals surface area contributed by atoms with Gasteiger partial charge in [-0.25, -0.2) is 4.99 Å². The van der Waals surface area contributed by atoms with Gasteiger partial charge in [0.1, 0.15) is 5.75 Å². The number of carbonyl (C=O) groups excluding carboxylic acids is 1. The van der Waals surface area contributed by atoms with Gasteiger partial charge in [0.25, 0.3) is 5.91 Å². The molecule has 1 unspecified atom stereocenters. The molecule has 1 atom stereocenters. The topological polar surface area (TPSA) is 88.7 Å². The summed E-state index contributed by atoms with van der Waals surface area (Å²) in [5.41, 5.74) is 6.09. The lowest BCUT2D eigenvalue weighted by molar-refractivity contribution is -0.123. The first-order chi connectivity index (χ1) is 9.99. The van der Waals surface area contributed by atoms with Crippen molar-refractivity contribution in [1.29, 1.82) is 0 Å². The first-order valence-electron chi connectivity index (χ1n) is 6.79. The summed E-state index contributed by atoms with van der Waals surface area (Å²) in [5, 5.41) is 5.61. The second-order valence-corrected chi connectivity index (χ2v) is 5.12. The van der Waals surface area contributed by atoms with Crippen LogP contribution in [0.4, 0.5) is 0 Å². The predicted molar refractivity (Wildman–Crippen MR) is 81.8 cm³/mol. The Kier molecular flexibility index (Phi) is 4.59. The Morgan fingerprint density at radius 3 is 3.00 bits per heavy atom. The zero-order valence-electron chi connectivity index (χ0n) is 12.2. The highest BCUT2D eigenvalue weighted by atomic mass is 16.5. The van der Waals surface area contributed by atoms with E-state index in [4.69, 9.17) is 10.5 Å². The van der Waals surface area contributed by atoms with Crippen LogP contribution in [0.15, 0.2) is 41.5 Å². The van der Waals surface area contributed by atoms with Crippen LogP contribution in [0.2, 0.25) is 0 Å². The zero-order chi connectivity index (χ0) is 15.3. The van der Waals surface area contributed by atoms with Crippen LogP contribution in [-0.2, 0) is 10.5 Å². The van der Waals surface area contributed by atoms with Gasteiger partial charge in [-0.2, -0.15) is 0 Å². The molecule has 1 aromatic rings. The van der Waals surface area contributed by atoms with E-state index in [2.05, 4.69) is 15.6 Å². The van der Waals surface area contributed by atoms with Crippen LogP contribution in [0.1, 0.15) is 19.4 Å². The standard InChI is InChI=1S/C15H20N4O2/c1-11(2)19-14(20)9-21-13-5-3-4-12(8-13)15(16)6-7-17-10-18-15/h3-8,10-11H,9,16H2,1-2H3,(H,17,18)(H,19,20). The second-order valence-electron chi connectivity index (χ2n) is 5.12. The average molecular weight is 288 g/mol. The molecule has 0 spiro atoms. The van der Waals surface area contributed by atoms with Gasteiger partial charge >= 0.3 is 0 Å². The maximum Gasteiger partial charge on any atom is 0.258 e. The molecule has 4 N–H and O–H groups in total. The van der Waals surface area contributed by atoms with Crippen LogP contribution in [-0.4, -0.2) is 24.9 Å². The number of hydrogen-bond donors (Lipinski definition) is 3. The number of ether oxygens (including phenoxy) is 1. The van der Waals surface area contributed by atoms with Crippen molar-refractivity contribution in [2.45, 2.75) is 25.6 Å². The fraction of sp³-hybridized carbons (Fsp3) is 0.333. The number of carbonyl (C=O) groups is 1. The Hall–Kier alpha value is -2.34. The maximum absolute atomic E-state index is 11.6. The minimum atomic E-state index is -0.912. The lowest BCUT2D eigenvalue weighted by Crippen LogP contribution is -2.36. The molecule has 0 fully saturated rings. The van der Waals surface area contributed by atoms with E-state index in [1.54, 1.807) is 30.7 Å². The first kappa shape index (κ1) is 15.1. The Balaban J connectivity index is 2.04. The van der Waals surface area contributed by atoms with Crippen molar-refractivity contribution >= 4 is 12.2 Å². The molecule has 0 bridgehead atoms. The number of benzene rings is 1. The zero-order valence-corrected chi connectivity index (χ0v) is 12.2. The quantitative estimate of drug-likeness (QED) is 0.749. The fourth-order valence-corrected chi connectivity index (χ4v) is 1.92. The third kappa shape index (κ3) is 4.06. The largest absolute Gasteiger partial charge is 0.484 e. The van der Waals surface area contributed by atoms with Crippen molar-refractivity contribution in [2.75, 3.05) is 6.61 Å². The normalized spacial score (nSPS) is 20.2. The Bertz CT molecular complexity index is 555. The maximum atomic E-state index is 11.6. The molecule has 112 valence electrons. The molecule has 0 saturated heterocycles. The molecule has 1 aromatic carbocycles. The SMILES string of the molecule is CC(C)NC(=O)COc1cccc(C2(N)C=CNC=N2)c1. The summed E-state index contributed by atoms with van der Waals surface area (Å²) in [6, 6.07) is 7.35. The van der Waals surface area contributed by atoms with Crippen LogP contribution in [0.3, 0.4) is 0 Å². The highest BCUT2D eigenvalue weighted by Crippen LogP contribution is 2.25. The summed E-state index contributed by atoms with van der Waals surface area (Å²) < 4.78 is 5.49. The van der Waals surface area contributed by atoms with Crippen molar-refractivity contribution in [3.8, 4) is 5.75 Å². The van der Waals surface area contributed by atoms with Crippen molar-refractivity contribution in [3.63, 3.8) is 0 Å². The molecule has 2 rings (SSSR count). The van der Waals surface area contributed by atoms with Gasteiger partial charge in [0.05, 0.1) is 6.34 Å². The fourth-order valence-electron chi connectivity index (χ4n) is 1.92. The third-order valence-corrected chi connectivity index (χ3v) is 2.90. The van der Waals surface area contributed by atoms with E-state index in [0.29, 0.717) is 5.75 Å². The molecule has 0 saturated carbocycles. The van der Waals surface area contributed by atoms with E-state index in [0.717, 1.165) is 5.56 Å². The minimum absolute atomic E-state index is 0.0279. The summed E-state index contributed by atoms with van der Waals surface area (Å²) in [6.45, 7) is 3.77. The van der Waals surface area contributed by atoms with Crippen LogP contribution in [0, 0.1) is 0 Å². The van der Waals surface area contributed by atoms with Crippen LogP contribution >= 0.6 is 0 Å². The summed E-state index contributed by atoms with van der Waals surface area (Å²) >= 11 is 0. The highest BCUT2D eigenvalue weighted by Gasteiger charge is 2.24. The molecular weight excluding hydrogens is 268 g/mol. The van der Waals surface area contributed by atoms with Gasteiger partial charge in [0.2, 0.25) is 0 Å². The van der Waals surface area contributed by atoms with Gasteiger partial charge in [-0.1, -0.05) is 12.1 Å². The highest BCUT2D eigenvalue weighted by molar-refractivity contribution is 5.77. The number of nitrogens with one attached hydrogen (secondary N) is 2. The number of nitrogens with two attached hydrogens (primary N) is 1. The molecule has 1 amide bonds. The summed E-state index contributed by atoms with van der Waals surface area (Å²) in [5.74, 6) is 0.427. The Labute approximate surface area is 124 Å². The number of amides is 1. The van der Waals surface area contributed by atoms with Crippen molar-refractivity contribution in [1.82, 2.24) is 10.6 Å². The number of aliphatic imine (C=N–C) groups is 1. The molecule has 6 heteroatoms. The number of hydrogen-bond acceptors (Lipinski definition) is 5. The van der Waals surface area contributed by atoms with Crippen LogP contribution < -0.4 is 21.1 Å². The first-order valence-corrected chi connectivity index (χ1v) is 6.79.